The lowest BCUT2D eigenvalue weighted by molar-refractivity contribution is 0.0690. The van der Waals surface area contributed by atoms with E-state index >= 15 is 0 Å². The van der Waals surface area contributed by atoms with Gasteiger partial charge in [-0.25, -0.2) is 9.78 Å². The van der Waals surface area contributed by atoms with Crippen molar-refractivity contribution < 1.29 is 24.3 Å². The van der Waals surface area contributed by atoms with Crippen LogP contribution in [0.4, 0.5) is 0 Å². The van der Waals surface area contributed by atoms with Crippen molar-refractivity contribution in [2.75, 3.05) is 7.11 Å². The summed E-state index contributed by atoms with van der Waals surface area (Å²) in [5.41, 5.74) is 0.630. The highest BCUT2D eigenvalue weighted by Gasteiger charge is 2.39. The van der Waals surface area contributed by atoms with Crippen LogP contribution < -0.4 is 9.39 Å². The van der Waals surface area contributed by atoms with E-state index in [-0.39, 0.29) is 22.2 Å². The minimum atomic E-state index is -1.17. The van der Waals surface area contributed by atoms with E-state index in [1.54, 1.807) is 23.1 Å². The quantitative estimate of drug-likeness (QED) is 0.705. The standard InChI is InChI=1S/C16H20BN3O5S/c1-3-4-7-20-9-18-16(19-20)26-12-8-10-5-6-11(24-2)13(15(21)22)14(10)25-17(12)23/h5-6,9,12,23H,3-4,7-8H2,1-2H3,(H,21,22)/t12-/m0/s1. The molecular formula is C16H20BN3O5S. The number of carbonyl (C=O) groups is 1. The van der Waals surface area contributed by atoms with Gasteiger partial charge in [-0.2, -0.15) is 0 Å². The summed E-state index contributed by atoms with van der Waals surface area (Å²) in [5, 5.41) is 24.4. The third-order valence-electron chi connectivity index (χ3n) is 4.13. The molecule has 2 aromatic rings. The smallest absolute Gasteiger partial charge is 0.534 e. The van der Waals surface area contributed by atoms with E-state index in [1.165, 1.54) is 18.9 Å². The molecule has 138 valence electrons. The largest absolute Gasteiger partial charge is 0.537 e. The molecule has 10 heteroatoms. The summed E-state index contributed by atoms with van der Waals surface area (Å²) in [4.78, 5) is 15.8. The van der Waals surface area contributed by atoms with Crippen LogP contribution in [-0.4, -0.2) is 50.2 Å². The van der Waals surface area contributed by atoms with Crippen molar-refractivity contribution in [1.29, 1.82) is 0 Å². The highest BCUT2D eigenvalue weighted by Crippen LogP contribution is 2.39. The van der Waals surface area contributed by atoms with Gasteiger partial charge in [0.05, 0.1) is 12.3 Å². The number of carboxylic acid groups (broad SMARTS) is 1. The summed E-state index contributed by atoms with van der Waals surface area (Å²) in [6.45, 7) is 2.92. The molecule has 8 nitrogen and oxygen atoms in total. The van der Waals surface area contributed by atoms with Crippen molar-refractivity contribution in [1.82, 2.24) is 14.8 Å². The molecule has 26 heavy (non-hydrogen) atoms. The van der Waals surface area contributed by atoms with Crippen LogP contribution in [0.2, 0.25) is 0 Å². The zero-order chi connectivity index (χ0) is 18.7. The van der Waals surface area contributed by atoms with Crippen LogP contribution in [0.5, 0.6) is 11.5 Å². The molecule has 1 aliphatic rings. The monoisotopic (exact) mass is 377 g/mol. The molecule has 0 bridgehead atoms. The van der Waals surface area contributed by atoms with E-state index in [4.69, 9.17) is 9.39 Å². The van der Waals surface area contributed by atoms with Crippen molar-refractivity contribution >= 4 is 24.8 Å². The Morgan fingerprint density at radius 3 is 3.04 bits per heavy atom. The van der Waals surface area contributed by atoms with Gasteiger partial charge in [-0.1, -0.05) is 31.2 Å². The van der Waals surface area contributed by atoms with Crippen molar-refractivity contribution in [2.24, 2.45) is 0 Å². The normalized spacial score (nSPS) is 16.1. The van der Waals surface area contributed by atoms with Gasteiger partial charge in [0.1, 0.15) is 23.4 Å². The van der Waals surface area contributed by atoms with E-state index in [0.717, 1.165) is 19.4 Å². The van der Waals surface area contributed by atoms with E-state index in [9.17, 15) is 14.9 Å². The van der Waals surface area contributed by atoms with Gasteiger partial charge in [-0.15, -0.1) is 5.10 Å². The first-order chi connectivity index (χ1) is 12.5. The average Bonchev–Trinajstić information content (AvgIpc) is 3.06. The highest BCUT2D eigenvalue weighted by molar-refractivity contribution is 8.01. The molecule has 1 aliphatic heterocycles. The molecule has 0 radical (unpaired) electrons. The van der Waals surface area contributed by atoms with Crippen molar-refractivity contribution in [3.05, 3.63) is 29.6 Å². The van der Waals surface area contributed by atoms with E-state index in [0.29, 0.717) is 17.1 Å². The van der Waals surface area contributed by atoms with E-state index in [2.05, 4.69) is 17.0 Å². The van der Waals surface area contributed by atoms with Crippen LogP contribution in [0.15, 0.2) is 23.6 Å². The topological polar surface area (TPSA) is 107 Å². The van der Waals surface area contributed by atoms with Crippen LogP contribution >= 0.6 is 11.8 Å². The number of hydrogen-bond acceptors (Lipinski definition) is 7. The van der Waals surface area contributed by atoms with Crippen LogP contribution in [0.1, 0.15) is 35.7 Å². The van der Waals surface area contributed by atoms with E-state index < -0.39 is 13.1 Å². The Hall–Kier alpha value is -2.20. The first-order valence-corrected chi connectivity index (χ1v) is 9.25. The maximum Gasteiger partial charge on any atom is 0.537 e. The molecule has 0 fully saturated rings. The minimum absolute atomic E-state index is 0.0746. The fourth-order valence-corrected chi connectivity index (χ4v) is 3.75. The lowest BCUT2D eigenvalue weighted by atomic mass is 9.77. The number of methoxy groups -OCH3 is 1. The zero-order valence-corrected chi connectivity index (χ0v) is 15.4. The molecule has 2 heterocycles. The number of nitrogens with zero attached hydrogens (tertiary/aromatic N) is 3. The van der Waals surface area contributed by atoms with Gasteiger partial charge >= 0.3 is 13.1 Å². The third-order valence-corrected chi connectivity index (χ3v) is 5.23. The fraction of sp³-hybridized carbons (Fsp3) is 0.438. The van der Waals surface area contributed by atoms with Gasteiger partial charge < -0.3 is 19.5 Å². The van der Waals surface area contributed by atoms with Gasteiger partial charge in [0, 0.05) is 6.54 Å². The second kappa shape index (κ2) is 8.00. The van der Waals surface area contributed by atoms with Crippen molar-refractivity contribution in [3.8, 4) is 11.5 Å². The van der Waals surface area contributed by atoms with Crippen molar-refractivity contribution in [3.63, 3.8) is 0 Å². The molecule has 0 amide bonds. The molecule has 3 rings (SSSR count). The number of ether oxygens (including phenoxy) is 1. The number of benzene rings is 1. The molecular weight excluding hydrogens is 357 g/mol. The number of rotatable bonds is 7. The Balaban J connectivity index is 1.79. The highest BCUT2D eigenvalue weighted by atomic mass is 32.2. The SMILES string of the molecule is CCCCn1cnc(S[C@H]2Cc3ccc(OC)c(C(=O)O)c3OB2O)n1. The maximum absolute atomic E-state index is 11.6. The Bertz CT molecular complexity index is 800. The molecule has 1 atom stereocenters. The van der Waals surface area contributed by atoms with Crippen LogP contribution in [0.3, 0.4) is 0 Å². The lowest BCUT2D eigenvalue weighted by Crippen LogP contribution is -2.41. The van der Waals surface area contributed by atoms with E-state index in [1.807, 2.05) is 0 Å². The predicted octanol–water partition coefficient (Wildman–Crippen LogP) is 1.90. The minimum Gasteiger partial charge on any atom is -0.534 e. The summed E-state index contributed by atoms with van der Waals surface area (Å²) in [6.07, 6.45) is 4.21. The summed E-state index contributed by atoms with van der Waals surface area (Å²) < 4.78 is 12.4. The van der Waals surface area contributed by atoms with Gasteiger partial charge in [0.15, 0.2) is 0 Å². The molecule has 0 unspecified atom stereocenters. The number of fused-ring (bicyclic) bond motifs is 1. The maximum atomic E-state index is 11.6. The summed E-state index contributed by atoms with van der Waals surface area (Å²) in [6, 6.07) is 3.36. The van der Waals surface area contributed by atoms with Gasteiger partial charge in [0.2, 0.25) is 5.16 Å². The summed E-state index contributed by atoms with van der Waals surface area (Å²) >= 11 is 1.32. The molecule has 0 saturated carbocycles. The lowest BCUT2D eigenvalue weighted by Gasteiger charge is -2.27. The van der Waals surface area contributed by atoms with Gasteiger partial charge in [-0.05, 0) is 24.5 Å². The number of hydrogen-bond donors (Lipinski definition) is 2. The molecule has 2 N–H and O–H groups in total. The second-order valence-electron chi connectivity index (χ2n) is 5.95. The summed E-state index contributed by atoms with van der Waals surface area (Å²) in [5.74, 6) is -0.804. The molecule has 0 aliphatic carbocycles. The van der Waals surface area contributed by atoms with Gasteiger partial charge in [-0.3, -0.25) is 4.68 Å². The molecule has 1 aromatic carbocycles. The second-order valence-corrected chi connectivity index (χ2v) is 7.16. The zero-order valence-electron chi connectivity index (χ0n) is 14.6. The first kappa shape index (κ1) is 18.6. The average molecular weight is 377 g/mol. The number of aromatic nitrogens is 3. The number of unbranched alkanes of at least 4 members (excludes halogenated alkanes) is 1. The van der Waals surface area contributed by atoms with Gasteiger partial charge in [0.25, 0.3) is 0 Å². The van der Waals surface area contributed by atoms with Crippen molar-refractivity contribution in [2.45, 2.75) is 43.0 Å². The number of carboxylic acids is 1. The number of aromatic carboxylic acids is 1. The number of aryl methyl sites for hydroxylation is 1. The molecule has 1 aromatic heterocycles. The predicted molar refractivity (Wildman–Crippen MR) is 96.8 cm³/mol. The Kier molecular flexibility index (Phi) is 5.72. The van der Waals surface area contributed by atoms with Crippen LogP contribution in [0, 0.1) is 0 Å². The Morgan fingerprint density at radius 2 is 2.35 bits per heavy atom. The Labute approximate surface area is 155 Å². The summed E-state index contributed by atoms with van der Waals surface area (Å²) in [7, 11) is 0.229. The molecule has 0 spiro atoms. The fourth-order valence-electron chi connectivity index (χ4n) is 2.78. The molecule has 0 saturated heterocycles. The first-order valence-electron chi connectivity index (χ1n) is 8.37. The Morgan fingerprint density at radius 1 is 1.54 bits per heavy atom. The van der Waals surface area contributed by atoms with Crippen LogP contribution in [0.25, 0.3) is 0 Å². The van der Waals surface area contributed by atoms with Crippen LogP contribution in [-0.2, 0) is 13.0 Å². The number of thioether (sulfide) groups is 1. The third kappa shape index (κ3) is 3.80.